The Hall–Kier alpha value is -1.35. The summed E-state index contributed by atoms with van der Waals surface area (Å²) in [6, 6.07) is 9.99. The summed E-state index contributed by atoms with van der Waals surface area (Å²) in [7, 11) is 0. The number of hydrogen-bond acceptors (Lipinski definition) is 3. The van der Waals surface area contributed by atoms with Gasteiger partial charge in [0.15, 0.2) is 0 Å². The average Bonchev–Trinajstić information content (AvgIpc) is 2.79. The normalized spacial score (nSPS) is 20.9. The van der Waals surface area contributed by atoms with E-state index in [0.717, 1.165) is 25.0 Å². The highest BCUT2D eigenvalue weighted by molar-refractivity contribution is 5.62. The summed E-state index contributed by atoms with van der Waals surface area (Å²) in [6.07, 6.45) is 4.07. The van der Waals surface area contributed by atoms with Crippen molar-refractivity contribution in [1.29, 1.82) is 0 Å². The van der Waals surface area contributed by atoms with Crippen LogP contribution in [0.3, 0.4) is 0 Å². The molecule has 1 saturated heterocycles. The molecule has 15 heavy (non-hydrogen) atoms. The van der Waals surface area contributed by atoms with E-state index in [1.54, 1.807) is 6.21 Å². The lowest BCUT2D eigenvalue weighted by Crippen LogP contribution is -2.06. The van der Waals surface area contributed by atoms with Crippen LogP contribution in [0.4, 0.5) is 0 Å². The molecule has 2 rings (SSSR count). The van der Waals surface area contributed by atoms with Gasteiger partial charge in [-0.2, -0.15) is 0 Å². The molecule has 1 heterocycles. The molecule has 80 valence electrons. The molecular weight excluding hydrogens is 190 g/mol. The number of ether oxygens (including phenoxy) is 1. The van der Waals surface area contributed by atoms with Gasteiger partial charge in [0.1, 0.15) is 6.61 Å². The Morgan fingerprint density at radius 1 is 1.40 bits per heavy atom. The van der Waals surface area contributed by atoms with Crippen molar-refractivity contribution in [1.82, 2.24) is 0 Å². The van der Waals surface area contributed by atoms with Gasteiger partial charge < -0.3 is 9.57 Å². The maximum atomic E-state index is 5.38. The zero-order valence-electron chi connectivity index (χ0n) is 8.63. The van der Waals surface area contributed by atoms with Gasteiger partial charge in [-0.05, 0) is 18.4 Å². The van der Waals surface area contributed by atoms with Crippen molar-refractivity contribution >= 4 is 6.21 Å². The lowest BCUT2D eigenvalue weighted by atomic mass is 10.2. The van der Waals surface area contributed by atoms with Crippen molar-refractivity contribution in [2.75, 3.05) is 6.61 Å². The molecule has 3 nitrogen and oxygen atoms in total. The van der Waals surface area contributed by atoms with Crippen LogP contribution in [0.15, 0.2) is 35.5 Å². The number of benzene rings is 1. The molecule has 0 amide bonds. The first-order chi connectivity index (χ1) is 7.45. The molecule has 1 aromatic carbocycles. The number of oxime groups is 1. The van der Waals surface area contributed by atoms with Crippen molar-refractivity contribution in [3.63, 3.8) is 0 Å². The van der Waals surface area contributed by atoms with Crippen molar-refractivity contribution in [3.8, 4) is 0 Å². The first kappa shape index (κ1) is 10.2. The second-order valence-corrected chi connectivity index (χ2v) is 3.56. The van der Waals surface area contributed by atoms with Gasteiger partial charge in [0, 0.05) is 6.61 Å². The number of nitrogens with zero attached hydrogens (tertiary/aromatic N) is 1. The third-order valence-electron chi connectivity index (χ3n) is 2.34. The minimum absolute atomic E-state index is 0.153. The Labute approximate surface area is 89.7 Å². The fourth-order valence-electron chi connectivity index (χ4n) is 1.52. The van der Waals surface area contributed by atoms with Crippen molar-refractivity contribution in [2.24, 2.45) is 5.16 Å². The van der Waals surface area contributed by atoms with E-state index in [0.29, 0.717) is 6.61 Å². The van der Waals surface area contributed by atoms with Crippen molar-refractivity contribution in [3.05, 3.63) is 35.9 Å². The Kier molecular flexibility index (Phi) is 3.74. The van der Waals surface area contributed by atoms with Gasteiger partial charge in [-0.1, -0.05) is 35.5 Å². The molecule has 0 aromatic heterocycles. The zero-order valence-corrected chi connectivity index (χ0v) is 8.63. The van der Waals surface area contributed by atoms with E-state index in [4.69, 9.17) is 9.57 Å². The van der Waals surface area contributed by atoms with Crippen LogP contribution in [0.2, 0.25) is 0 Å². The van der Waals surface area contributed by atoms with Crippen LogP contribution in [-0.4, -0.2) is 18.9 Å². The van der Waals surface area contributed by atoms with Crippen LogP contribution in [0, 0.1) is 0 Å². The van der Waals surface area contributed by atoms with Crippen molar-refractivity contribution < 1.29 is 9.57 Å². The molecule has 1 unspecified atom stereocenters. The van der Waals surface area contributed by atoms with Crippen LogP contribution in [0.1, 0.15) is 18.4 Å². The van der Waals surface area contributed by atoms with E-state index in [1.165, 1.54) is 0 Å². The highest BCUT2D eigenvalue weighted by Crippen LogP contribution is 2.09. The summed E-state index contributed by atoms with van der Waals surface area (Å²) in [5.41, 5.74) is 1.13. The van der Waals surface area contributed by atoms with Gasteiger partial charge in [-0.3, -0.25) is 0 Å². The second-order valence-electron chi connectivity index (χ2n) is 3.56. The largest absolute Gasteiger partial charge is 0.391 e. The predicted molar refractivity (Wildman–Crippen MR) is 58.7 cm³/mol. The van der Waals surface area contributed by atoms with Gasteiger partial charge in [0.2, 0.25) is 0 Å². The third kappa shape index (κ3) is 3.36. The van der Waals surface area contributed by atoms with E-state index in [2.05, 4.69) is 5.16 Å². The van der Waals surface area contributed by atoms with Gasteiger partial charge in [0.05, 0.1) is 12.3 Å². The average molecular weight is 205 g/mol. The maximum Gasteiger partial charge on any atom is 0.142 e. The summed E-state index contributed by atoms with van der Waals surface area (Å²) >= 11 is 0. The highest BCUT2D eigenvalue weighted by Gasteiger charge is 2.12. The van der Waals surface area contributed by atoms with Crippen LogP contribution in [0.5, 0.6) is 0 Å². The van der Waals surface area contributed by atoms with E-state index in [9.17, 15) is 0 Å². The molecule has 1 aliphatic heterocycles. The van der Waals surface area contributed by atoms with Gasteiger partial charge in [-0.25, -0.2) is 0 Å². The fraction of sp³-hybridized carbons (Fsp3) is 0.417. The van der Waals surface area contributed by atoms with Crippen molar-refractivity contribution in [2.45, 2.75) is 25.6 Å². The predicted octanol–water partition coefficient (Wildman–Crippen LogP) is 2.37. The molecule has 1 fully saturated rings. The Balaban J connectivity index is 1.70. The van der Waals surface area contributed by atoms with Crippen LogP contribution >= 0.6 is 0 Å². The van der Waals surface area contributed by atoms with Crippen LogP contribution in [-0.2, 0) is 16.2 Å². The smallest absolute Gasteiger partial charge is 0.142 e. The summed E-state index contributed by atoms with van der Waals surface area (Å²) in [4.78, 5) is 5.17. The Bertz CT molecular complexity index is 305. The number of rotatable bonds is 4. The van der Waals surface area contributed by atoms with Gasteiger partial charge in [-0.15, -0.1) is 0 Å². The monoisotopic (exact) mass is 205 g/mol. The third-order valence-corrected chi connectivity index (χ3v) is 2.34. The standard InChI is InChI=1S/C12H15NO2/c1-2-5-11(6-3-1)10-15-13-9-12-7-4-8-14-12/h1-3,5-6,9,12H,4,7-8,10H2/b13-9+. The quantitative estimate of drug-likeness (QED) is 0.558. The summed E-state index contributed by atoms with van der Waals surface area (Å²) in [5.74, 6) is 0. The van der Waals surface area contributed by atoms with E-state index in [-0.39, 0.29) is 6.10 Å². The molecule has 0 radical (unpaired) electrons. The first-order valence-electron chi connectivity index (χ1n) is 5.26. The fourth-order valence-corrected chi connectivity index (χ4v) is 1.52. The first-order valence-corrected chi connectivity index (χ1v) is 5.26. The van der Waals surface area contributed by atoms with Crippen LogP contribution < -0.4 is 0 Å². The maximum absolute atomic E-state index is 5.38. The molecule has 1 aromatic rings. The molecule has 3 heteroatoms. The van der Waals surface area contributed by atoms with E-state index in [1.807, 2.05) is 30.3 Å². The van der Waals surface area contributed by atoms with Gasteiger partial charge >= 0.3 is 0 Å². The molecule has 1 aliphatic rings. The SMILES string of the molecule is C(=N\OCc1ccccc1)/C1CCCO1. The Morgan fingerprint density at radius 3 is 3.00 bits per heavy atom. The summed E-state index contributed by atoms with van der Waals surface area (Å²) in [6.45, 7) is 1.36. The van der Waals surface area contributed by atoms with E-state index < -0.39 is 0 Å². The molecule has 0 saturated carbocycles. The lowest BCUT2D eigenvalue weighted by molar-refractivity contribution is 0.121. The number of hydrogen-bond donors (Lipinski definition) is 0. The van der Waals surface area contributed by atoms with E-state index >= 15 is 0 Å². The molecule has 1 atom stereocenters. The minimum atomic E-state index is 0.153. The zero-order chi connectivity index (χ0) is 10.3. The lowest BCUT2D eigenvalue weighted by Gasteiger charge is -2.01. The minimum Gasteiger partial charge on any atom is -0.391 e. The summed E-state index contributed by atoms with van der Waals surface area (Å²) < 4.78 is 5.38. The highest BCUT2D eigenvalue weighted by atomic mass is 16.6. The molecule has 0 N–H and O–H groups in total. The van der Waals surface area contributed by atoms with Crippen LogP contribution in [0.25, 0.3) is 0 Å². The topological polar surface area (TPSA) is 30.8 Å². The summed E-state index contributed by atoms with van der Waals surface area (Å²) in [5, 5.41) is 3.90. The molecule has 0 spiro atoms. The Morgan fingerprint density at radius 2 is 2.27 bits per heavy atom. The molecule has 0 bridgehead atoms. The second kappa shape index (κ2) is 5.51. The molecule has 0 aliphatic carbocycles. The van der Waals surface area contributed by atoms with Gasteiger partial charge in [0.25, 0.3) is 0 Å². The molecular formula is C12H15NO2.